The molecule has 1 unspecified atom stereocenters. The number of aryl methyl sites for hydroxylation is 2. The van der Waals surface area contributed by atoms with Gasteiger partial charge in [-0.25, -0.2) is 8.78 Å². The molecule has 0 bridgehead atoms. The second-order valence-electron chi connectivity index (χ2n) is 4.07. The topological polar surface area (TPSA) is 12.0 Å². The second-order valence-corrected chi connectivity index (χ2v) is 4.07. The zero-order chi connectivity index (χ0) is 11.6. The smallest absolute Gasteiger partial charge is 0.260 e. The van der Waals surface area contributed by atoms with Gasteiger partial charge in [-0.1, -0.05) is 23.8 Å². The van der Waals surface area contributed by atoms with Crippen molar-refractivity contribution in [1.29, 1.82) is 0 Å². The summed E-state index contributed by atoms with van der Waals surface area (Å²) in [5.41, 5.74) is 1.28. The average molecular weight is 213 g/mol. The fraction of sp³-hybridized carbons (Fsp3) is 0.500. The first-order valence-corrected chi connectivity index (χ1v) is 4.96. The fourth-order valence-corrected chi connectivity index (χ4v) is 1.66. The minimum Gasteiger partial charge on any atom is -0.306 e. The predicted octanol–water partition coefficient (Wildman–Crippen LogP) is 3.00. The lowest BCUT2D eigenvalue weighted by Crippen LogP contribution is -2.44. The van der Waals surface area contributed by atoms with Gasteiger partial charge in [-0.3, -0.25) is 0 Å². The third-order valence-corrected chi connectivity index (χ3v) is 2.91. The molecule has 0 heterocycles. The molecule has 0 saturated carbocycles. The van der Waals surface area contributed by atoms with Gasteiger partial charge in [-0.05, 0) is 38.9 Å². The summed E-state index contributed by atoms with van der Waals surface area (Å²) in [6.45, 7) is 5.29. The number of hydrogen-bond donors (Lipinski definition) is 1. The molecular formula is C12H17F2N. The third kappa shape index (κ3) is 2.17. The molecule has 0 spiro atoms. The van der Waals surface area contributed by atoms with Gasteiger partial charge in [-0.15, -0.1) is 0 Å². The van der Waals surface area contributed by atoms with Crippen LogP contribution in [0.5, 0.6) is 0 Å². The van der Waals surface area contributed by atoms with Gasteiger partial charge in [0.2, 0.25) is 0 Å². The lowest BCUT2D eigenvalue weighted by molar-refractivity contribution is 0.0428. The van der Waals surface area contributed by atoms with Crippen LogP contribution < -0.4 is 5.32 Å². The number of rotatable bonds is 3. The molecule has 1 nitrogen and oxygen atoms in total. The van der Waals surface area contributed by atoms with Gasteiger partial charge >= 0.3 is 0 Å². The Hall–Kier alpha value is -0.960. The highest BCUT2D eigenvalue weighted by molar-refractivity contribution is 5.36. The molecule has 1 N–H and O–H groups in total. The molecule has 15 heavy (non-hydrogen) atoms. The van der Waals surface area contributed by atoms with Crippen LogP contribution in [0.15, 0.2) is 18.2 Å². The van der Waals surface area contributed by atoms with Crippen LogP contribution in [-0.2, 0) is 5.54 Å². The summed E-state index contributed by atoms with van der Waals surface area (Å²) in [5.74, 6) is 0. The summed E-state index contributed by atoms with van der Waals surface area (Å²) >= 11 is 0. The number of halogens is 2. The van der Waals surface area contributed by atoms with Gasteiger partial charge in [-0.2, -0.15) is 0 Å². The lowest BCUT2D eigenvalue weighted by atomic mass is 9.88. The van der Waals surface area contributed by atoms with Crippen molar-refractivity contribution < 1.29 is 8.78 Å². The van der Waals surface area contributed by atoms with Gasteiger partial charge < -0.3 is 5.32 Å². The van der Waals surface area contributed by atoms with E-state index < -0.39 is 12.0 Å². The molecule has 1 aromatic carbocycles. The van der Waals surface area contributed by atoms with E-state index in [4.69, 9.17) is 0 Å². The number of alkyl halides is 2. The van der Waals surface area contributed by atoms with E-state index in [1.54, 1.807) is 7.05 Å². The quantitative estimate of drug-likeness (QED) is 0.813. The third-order valence-electron chi connectivity index (χ3n) is 2.91. The normalized spacial score (nSPS) is 15.4. The Morgan fingerprint density at radius 3 is 2.33 bits per heavy atom. The van der Waals surface area contributed by atoms with Crippen LogP contribution in [-0.4, -0.2) is 13.5 Å². The zero-order valence-electron chi connectivity index (χ0n) is 9.57. The number of nitrogens with one attached hydrogen (secondary N) is 1. The highest BCUT2D eigenvalue weighted by Crippen LogP contribution is 2.30. The molecule has 1 rings (SSSR count). The summed E-state index contributed by atoms with van der Waals surface area (Å²) < 4.78 is 26.0. The van der Waals surface area contributed by atoms with Gasteiger partial charge in [0.15, 0.2) is 0 Å². The van der Waals surface area contributed by atoms with Crippen molar-refractivity contribution in [2.45, 2.75) is 32.7 Å². The van der Waals surface area contributed by atoms with Crippen LogP contribution in [0.4, 0.5) is 8.78 Å². The summed E-state index contributed by atoms with van der Waals surface area (Å²) in [7, 11) is 1.56. The van der Waals surface area contributed by atoms with Crippen molar-refractivity contribution in [3.05, 3.63) is 34.9 Å². The van der Waals surface area contributed by atoms with Crippen molar-refractivity contribution in [2.24, 2.45) is 0 Å². The van der Waals surface area contributed by atoms with Crippen LogP contribution in [0.1, 0.15) is 23.6 Å². The number of benzene rings is 1. The Morgan fingerprint density at radius 1 is 1.27 bits per heavy atom. The first-order chi connectivity index (χ1) is 6.91. The van der Waals surface area contributed by atoms with Gasteiger partial charge in [0.1, 0.15) is 5.54 Å². The van der Waals surface area contributed by atoms with E-state index in [-0.39, 0.29) is 0 Å². The Balaban J connectivity index is 3.29. The van der Waals surface area contributed by atoms with Gasteiger partial charge in [0.25, 0.3) is 6.43 Å². The monoisotopic (exact) mass is 213 g/mol. The first-order valence-electron chi connectivity index (χ1n) is 4.96. The summed E-state index contributed by atoms with van der Waals surface area (Å²) in [4.78, 5) is 0. The van der Waals surface area contributed by atoms with Gasteiger partial charge in [0.05, 0.1) is 0 Å². The number of hydrogen-bond acceptors (Lipinski definition) is 1. The molecular weight excluding hydrogens is 196 g/mol. The average Bonchev–Trinajstić information content (AvgIpc) is 2.20. The molecule has 0 amide bonds. The molecule has 3 heteroatoms. The Kier molecular flexibility index (Phi) is 3.45. The van der Waals surface area contributed by atoms with E-state index in [1.165, 1.54) is 6.92 Å². The van der Waals surface area contributed by atoms with E-state index in [0.717, 1.165) is 11.1 Å². The minimum absolute atomic E-state index is 0.667. The molecule has 1 aromatic rings. The maximum Gasteiger partial charge on any atom is 0.260 e. The molecule has 0 aromatic heterocycles. The fourth-order valence-electron chi connectivity index (χ4n) is 1.66. The molecule has 0 radical (unpaired) electrons. The molecule has 0 aliphatic heterocycles. The van der Waals surface area contributed by atoms with E-state index in [9.17, 15) is 8.78 Å². The zero-order valence-corrected chi connectivity index (χ0v) is 9.57. The molecule has 0 aliphatic carbocycles. The summed E-state index contributed by atoms with van der Waals surface area (Å²) in [6.07, 6.45) is -2.43. The Bertz CT molecular complexity index is 349. The predicted molar refractivity (Wildman–Crippen MR) is 58.3 cm³/mol. The lowest BCUT2D eigenvalue weighted by Gasteiger charge is -2.30. The van der Waals surface area contributed by atoms with Gasteiger partial charge in [0, 0.05) is 0 Å². The van der Waals surface area contributed by atoms with E-state index in [1.807, 2.05) is 32.0 Å². The van der Waals surface area contributed by atoms with Crippen LogP contribution >= 0.6 is 0 Å². The minimum atomic E-state index is -2.43. The maximum absolute atomic E-state index is 13.0. The molecule has 84 valence electrons. The van der Waals surface area contributed by atoms with Crippen molar-refractivity contribution >= 4 is 0 Å². The standard InChI is InChI=1S/C12H17F2N/c1-8-5-6-9(2)10(7-8)12(3,15-4)11(13)14/h5-7,11,15H,1-4H3. The SMILES string of the molecule is CNC(C)(c1cc(C)ccc1C)C(F)F. The van der Waals surface area contributed by atoms with Crippen molar-refractivity contribution in [3.8, 4) is 0 Å². The van der Waals surface area contributed by atoms with Crippen molar-refractivity contribution in [2.75, 3.05) is 7.05 Å². The highest BCUT2D eigenvalue weighted by Gasteiger charge is 2.36. The van der Waals surface area contributed by atoms with E-state index in [2.05, 4.69) is 5.32 Å². The first kappa shape index (κ1) is 12.1. The van der Waals surface area contributed by atoms with Crippen molar-refractivity contribution in [1.82, 2.24) is 5.32 Å². The Morgan fingerprint density at radius 2 is 1.87 bits per heavy atom. The van der Waals surface area contributed by atoms with Crippen LogP contribution in [0.2, 0.25) is 0 Å². The highest BCUT2D eigenvalue weighted by atomic mass is 19.3. The molecule has 0 aliphatic rings. The van der Waals surface area contributed by atoms with E-state index >= 15 is 0 Å². The maximum atomic E-state index is 13.0. The van der Waals surface area contributed by atoms with Crippen LogP contribution in [0.25, 0.3) is 0 Å². The van der Waals surface area contributed by atoms with Crippen molar-refractivity contribution in [3.63, 3.8) is 0 Å². The largest absolute Gasteiger partial charge is 0.306 e. The van der Waals surface area contributed by atoms with Crippen LogP contribution in [0, 0.1) is 13.8 Å². The molecule has 1 atom stereocenters. The second kappa shape index (κ2) is 4.27. The Labute approximate surface area is 89.5 Å². The van der Waals surface area contributed by atoms with Crippen LogP contribution in [0.3, 0.4) is 0 Å². The molecule has 0 fully saturated rings. The van der Waals surface area contributed by atoms with E-state index in [0.29, 0.717) is 5.56 Å². The summed E-state index contributed by atoms with van der Waals surface area (Å²) in [5, 5.41) is 2.71. The summed E-state index contributed by atoms with van der Waals surface area (Å²) in [6, 6.07) is 5.63. The molecule has 0 saturated heterocycles.